The zero-order valence-electron chi connectivity index (χ0n) is 12.4. The van der Waals surface area contributed by atoms with E-state index in [4.69, 9.17) is 28.2 Å². The van der Waals surface area contributed by atoms with Gasteiger partial charge < -0.3 is 0 Å². The number of benzene rings is 2. The molecule has 0 aliphatic heterocycles. The minimum absolute atomic E-state index is 0.552. The van der Waals surface area contributed by atoms with E-state index in [1.807, 2.05) is 30.3 Å². The fourth-order valence-corrected chi connectivity index (χ4v) is 3.44. The summed E-state index contributed by atoms with van der Waals surface area (Å²) in [4.78, 5) is 9.35. The van der Waals surface area contributed by atoms with Crippen molar-refractivity contribution >= 4 is 23.2 Å². The van der Waals surface area contributed by atoms with Gasteiger partial charge in [-0.05, 0) is 49.1 Å². The van der Waals surface area contributed by atoms with E-state index in [-0.39, 0.29) is 0 Å². The van der Waals surface area contributed by atoms with Crippen molar-refractivity contribution in [2.45, 2.75) is 19.3 Å². The van der Waals surface area contributed by atoms with Crippen LogP contribution >= 0.6 is 23.2 Å². The number of hydrogen-bond donors (Lipinski definition) is 0. The maximum absolute atomic E-state index is 6.49. The van der Waals surface area contributed by atoms with Crippen molar-refractivity contribution in [1.29, 1.82) is 0 Å². The number of rotatable bonds is 1. The molecule has 1 heterocycles. The molecule has 0 amide bonds. The van der Waals surface area contributed by atoms with Crippen LogP contribution < -0.4 is 0 Å². The fraction of sp³-hybridized carbons (Fsp3) is 0.158. The first kappa shape index (κ1) is 14.7. The van der Waals surface area contributed by atoms with Crippen molar-refractivity contribution in [2.24, 2.45) is 0 Å². The van der Waals surface area contributed by atoms with E-state index >= 15 is 0 Å². The summed E-state index contributed by atoms with van der Waals surface area (Å²) in [6.45, 7) is 0. The topological polar surface area (TPSA) is 25.8 Å². The number of hydrogen-bond acceptors (Lipinski definition) is 2. The van der Waals surface area contributed by atoms with Gasteiger partial charge in [-0.1, -0.05) is 47.5 Å². The molecule has 3 aromatic rings. The molecule has 1 aromatic heterocycles. The maximum atomic E-state index is 6.49. The second-order valence-electron chi connectivity index (χ2n) is 5.68. The molecule has 23 heavy (non-hydrogen) atoms. The molecule has 2 aromatic carbocycles. The second kappa shape index (κ2) is 5.95. The lowest BCUT2D eigenvalue weighted by Crippen LogP contribution is -1.99. The zero-order valence-corrected chi connectivity index (χ0v) is 13.9. The molecule has 114 valence electrons. The van der Waals surface area contributed by atoms with E-state index < -0.39 is 0 Å². The Morgan fingerprint density at radius 3 is 2.43 bits per heavy atom. The summed E-state index contributed by atoms with van der Waals surface area (Å²) in [6.07, 6.45) is 3.01. The minimum atomic E-state index is 0.552. The van der Waals surface area contributed by atoms with Gasteiger partial charge in [0.1, 0.15) is 5.15 Å². The molecule has 0 fully saturated rings. The third kappa shape index (κ3) is 2.73. The van der Waals surface area contributed by atoms with E-state index in [0.29, 0.717) is 16.0 Å². The highest BCUT2D eigenvalue weighted by atomic mass is 35.5. The van der Waals surface area contributed by atoms with Gasteiger partial charge in [0.2, 0.25) is 0 Å². The molecule has 0 unspecified atom stereocenters. The first-order chi connectivity index (χ1) is 11.2. The zero-order chi connectivity index (χ0) is 15.8. The summed E-state index contributed by atoms with van der Waals surface area (Å²) in [5.41, 5.74) is 5.42. The Morgan fingerprint density at radius 1 is 0.826 bits per heavy atom. The minimum Gasteiger partial charge on any atom is -0.228 e. The molecule has 0 bridgehead atoms. The molecule has 0 spiro atoms. The standard InChI is InChI=1S/C19H14Cl2N2/c20-14-10-8-13(9-11-14)19-22-17-15-6-2-1-4-12(15)5-3-7-16(17)18(21)23-19/h1-2,4,6,8-11H,3,5,7H2. The third-order valence-electron chi connectivity index (χ3n) is 4.20. The van der Waals surface area contributed by atoms with E-state index in [2.05, 4.69) is 23.2 Å². The van der Waals surface area contributed by atoms with Gasteiger partial charge in [-0.2, -0.15) is 0 Å². The lowest BCUT2D eigenvalue weighted by molar-refractivity contribution is 0.829. The molecular weight excluding hydrogens is 327 g/mol. The molecule has 1 aliphatic carbocycles. The SMILES string of the molecule is Clc1ccc(-c2nc(Cl)c3c(n2)-c2ccccc2CCC3)cc1. The largest absolute Gasteiger partial charge is 0.228 e. The molecule has 0 saturated carbocycles. The van der Waals surface area contributed by atoms with Crippen molar-refractivity contribution in [3.8, 4) is 22.6 Å². The van der Waals surface area contributed by atoms with Crippen molar-refractivity contribution in [2.75, 3.05) is 0 Å². The number of aromatic nitrogens is 2. The number of aryl methyl sites for hydroxylation is 1. The van der Waals surface area contributed by atoms with Gasteiger partial charge in [0.05, 0.1) is 5.69 Å². The first-order valence-corrected chi connectivity index (χ1v) is 8.38. The smallest absolute Gasteiger partial charge is 0.161 e. The van der Waals surface area contributed by atoms with Gasteiger partial charge in [-0.25, -0.2) is 9.97 Å². The molecule has 4 heteroatoms. The summed E-state index contributed by atoms with van der Waals surface area (Å²) in [6, 6.07) is 15.9. The molecule has 1 aliphatic rings. The summed E-state index contributed by atoms with van der Waals surface area (Å²) in [5.74, 6) is 0.641. The Morgan fingerprint density at radius 2 is 1.61 bits per heavy atom. The van der Waals surface area contributed by atoms with Crippen molar-refractivity contribution in [1.82, 2.24) is 9.97 Å². The second-order valence-corrected chi connectivity index (χ2v) is 6.48. The monoisotopic (exact) mass is 340 g/mol. The number of halogens is 2. The van der Waals surface area contributed by atoms with Crippen LogP contribution in [0, 0.1) is 0 Å². The predicted molar refractivity (Wildman–Crippen MR) is 94.9 cm³/mol. The van der Waals surface area contributed by atoms with Crippen LogP contribution in [0.2, 0.25) is 10.2 Å². The molecule has 0 saturated heterocycles. The summed E-state index contributed by atoms with van der Waals surface area (Å²) >= 11 is 12.5. The quantitative estimate of drug-likeness (QED) is 0.538. The van der Waals surface area contributed by atoms with E-state index in [1.165, 1.54) is 11.1 Å². The van der Waals surface area contributed by atoms with E-state index in [0.717, 1.165) is 36.1 Å². The summed E-state index contributed by atoms with van der Waals surface area (Å²) in [7, 11) is 0. The predicted octanol–water partition coefficient (Wildman–Crippen LogP) is 5.61. The van der Waals surface area contributed by atoms with Gasteiger partial charge >= 0.3 is 0 Å². The third-order valence-corrected chi connectivity index (χ3v) is 4.77. The van der Waals surface area contributed by atoms with Crippen molar-refractivity contribution in [3.05, 3.63) is 69.8 Å². The van der Waals surface area contributed by atoms with Gasteiger partial charge in [0.25, 0.3) is 0 Å². The Balaban J connectivity index is 1.93. The first-order valence-electron chi connectivity index (χ1n) is 7.63. The summed E-state index contributed by atoms with van der Waals surface area (Å²) in [5, 5.41) is 1.25. The Bertz CT molecular complexity index is 873. The highest BCUT2D eigenvalue weighted by Crippen LogP contribution is 2.35. The number of nitrogens with zero attached hydrogens (tertiary/aromatic N) is 2. The fourth-order valence-electron chi connectivity index (χ4n) is 3.05. The Hall–Kier alpha value is -1.90. The van der Waals surface area contributed by atoms with Crippen LogP contribution in [0.4, 0.5) is 0 Å². The molecule has 0 radical (unpaired) electrons. The molecule has 2 nitrogen and oxygen atoms in total. The van der Waals surface area contributed by atoms with Crippen LogP contribution in [0.1, 0.15) is 17.5 Å². The maximum Gasteiger partial charge on any atom is 0.161 e. The van der Waals surface area contributed by atoms with E-state index in [9.17, 15) is 0 Å². The van der Waals surface area contributed by atoms with Gasteiger partial charge in [0, 0.05) is 21.7 Å². The van der Waals surface area contributed by atoms with Crippen LogP contribution in [0.15, 0.2) is 48.5 Å². The Labute approximate surface area is 145 Å². The molecular formula is C19H14Cl2N2. The lowest BCUT2D eigenvalue weighted by atomic mass is 10.0. The average molecular weight is 341 g/mol. The van der Waals surface area contributed by atoms with Crippen molar-refractivity contribution < 1.29 is 0 Å². The lowest BCUT2D eigenvalue weighted by Gasteiger charge is -2.11. The highest BCUT2D eigenvalue weighted by Gasteiger charge is 2.20. The van der Waals surface area contributed by atoms with Crippen LogP contribution in [0.3, 0.4) is 0 Å². The van der Waals surface area contributed by atoms with E-state index in [1.54, 1.807) is 0 Å². The summed E-state index contributed by atoms with van der Waals surface area (Å²) < 4.78 is 0. The van der Waals surface area contributed by atoms with Crippen molar-refractivity contribution in [3.63, 3.8) is 0 Å². The highest BCUT2D eigenvalue weighted by molar-refractivity contribution is 6.31. The van der Waals surface area contributed by atoms with Crippen LogP contribution in [-0.4, -0.2) is 9.97 Å². The average Bonchev–Trinajstić information content (AvgIpc) is 2.75. The van der Waals surface area contributed by atoms with Gasteiger partial charge in [-0.15, -0.1) is 0 Å². The van der Waals surface area contributed by atoms with Gasteiger partial charge in [0.15, 0.2) is 5.82 Å². The van der Waals surface area contributed by atoms with Crippen LogP contribution in [-0.2, 0) is 12.8 Å². The Kier molecular flexibility index (Phi) is 3.80. The normalized spacial score (nSPS) is 13.1. The van der Waals surface area contributed by atoms with Crippen LogP contribution in [0.25, 0.3) is 22.6 Å². The number of fused-ring (bicyclic) bond motifs is 3. The molecule has 0 atom stereocenters. The molecule has 4 rings (SSSR count). The van der Waals surface area contributed by atoms with Crippen LogP contribution in [0.5, 0.6) is 0 Å². The molecule has 0 N–H and O–H groups in total. The van der Waals surface area contributed by atoms with Gasteiger partial charge in [-0.3, -0.25) is 0 Å².